The molecule has 0 saturated carbocycles. The van der Waals surface area contributed by atoms with Crippen LogP contribution >= 0.6 is 0 Å². The molecule has 1 unspecified atom stereocenters. The second-order valence-electron chi connectivity index (χ2n) is 3.35. The smallest absolute Gasteiger partial charge is 0.124 e. The van der Waals surface area contributed by atoms with Crippen LogP contribution in [0.4, 0.5) is 0 Å². The number of para-hydroxylation sites is 1. The van der Waals surface area contributed by atoms with Crippen LogP contribution in [0.25, 0.3) is 0 Å². The zero-order valence-electron chi connectivity index (χ0n) is 7.16. The number of benzene rings is 1. The molecule has 12 heavy (non-hydrogen) atoms. The third-order valence-electron chi connectivity index (χ3n) is 2.39. The Hall–Kier alpha value is -1.02. The van der Waals surface area contributed by atoms with E-state index in [2.05, 4.69) is 6.92 Å². The SMILES string of the molecule is CC1COc2ccccc2[C@@H]1N. The maximum Gasteiger partial charge on any atom is 0.124 e. The van der Waals surface area contributed by atoms with Gasteiger partial charge < -0.3 is 10.5 Å². The molecule has 2 rings (SSSR count). The number of rotatable bonds is 0. The molecule has 0 saturated heterocycles. The number of hydrogen-bond donors (Lipinski definition) is 1. The van der Waals surface area contributed by atoms with Crippen LogP contribution in [0.3, 0.4) is 0 Å². The van der Waals surface area contributed by atoms with E-state index in [1.54, 1.807) is 0 Å². The zero-order chi connectivity index (χ0) is 8.55. The molecule has 2 heteroatoms. The Kier molecular flexibility index (Phi) is 1.77. The molecule has 2 atom stereocenters. The van der Waals surface area contributed by atoms with Gasteiger partial charge in [0.05, 0.1) is 6.61 Å². The van der Waals surface area contributed by atoms with Crippen molar-refractivity contribution >= 4 is 0 Å². The first-order chi connectivity index (χ1) is 5.79. The summed E-state index contributed by atoms with van der Waals surface area (Å²) < 4.78 is 5.53. The minimum absolute atomic E-state index is 0.134. The number of hydrogen-bond acceptors (Lipinski definition) is 2. The highest BCUT2D eigenvalue weighted by Gasteiger charge is 2.23. The summed E-state index contributed by atoms with van der Waals surface area (Å²) in [4.78, 5) is 0. The summed E-state index contributed by atoms with van der Waals surface area (Å²) in [5, 5.41) is 0. The first-order valence-corrected chi connectivity index (χ1v) is 4.26. The van der Waals surface area contributed by atoms with Crippen molar-refractivity contribution in [2.45, 2.75) is 13.0 Å². The highest BCUT2D eigenvalue weighted by Crippen LogP contribution is 2.32. The molecule has 1 aromatic rings. The Morgan fingerprint density at radius 1 is 1.42 bits per heavy atom. The van der Waals surface area contributed by atoms with E-state index in [0.717, 1.165) is 17.9 Å². The van der Waals surface area contributed by atoms with E-state index in [1.807, 2.05) is 24.3 Å². The standard InChI is InChI=1S/C10H13NO/c1-7-6-12-9-5-3-2-4-8(9)10(7)11/h2-5,7,10H,6,11H2,1H3/t7?,10-/m1/s1. The fourth-order valence-corrected chi connectivity index (χ4v) is 1.52. The van der Waals surface area contributed by atoms with Crippen molar-refractivity contribution < 1.29 is 4.74 Å². The number of fused-ring (bicyclic) bond motifs is 1. The van der Waals surface area contributed by atoms with Crippen LogP contribution < -0.4 is 10.5 Å². The molecule has 0 aromatic heterocycles. The molecular formula is C10H13NO. The van der Waals surface area contributed by atoms with E-state index in [-0.39, 0.29) is 6.04 Å². The van der Waals surface area contributed by atoms with Crippen LogP contribution in [0, 0.1) is 5.92 Å². The number of nitrogens with two attached hydrogens (primary N) is 1. The molecule has 1 aliphatic rings. The minimum atomic E-state index is 0.134. The molecule has 1 heterocycles. The lowest BCUT2D eigenvalue weighted by Crippen LogP contribution is -2.29. The van der Waals surface area contributed by atoms with Crippen molar-refractivity contribution in [1.29, 1.82) is 0 Å². The van der Waals surface area contributed by atoms with Gasteiger partial charge in [-0.1, -0.05) is 25.1 Å². The number of ether oxygens (including phenoxy) is 1. The lowest BCUT2D eigenvalue weighted by molar-refractivity contribution is 0.207. The van der Waals surface area contributed by atoms with E-state index >= 15 is 0 Å². The van der Waals surface area contributed by atoms with Crippen molar-refractivity contribution in [3.05, 3.63) is 29.8 Å². The van der Waals surface area contributed by atoms with Crippen LogP contribution in [0.15, 0.2) is 24.3 Å². The Labute approximate surface area is 72.3 Å². The summed E-state index contributed by atoms with van der Waals surface area (Å²) >= 11 is 0. The van der Waals surface area contributed by atoms with E-state index in [9.17, 15) is 0 Å². The summed E-state index contributed by atoms with van der Waals surface area (Å²) in [6, 6.07) is 8.12. The molecular weight excluding hydrogens is 150 g/mol. The molecule has 0 radical (unpaired) electrons. The molecule has 0 aliphatic carbocycles. The quantitative estimate of drug-likeness (QED) is 0.632. The van der Waals surface area contributed by atoms with Gasteiger partial charge in [0.1, 0.15) is 5.75 Å². The van der Waals surface area contributed by atoms with Crippen LogP contribution in [0.2, 0.25) is 0 Å². The lowest BCUT2D eigenvalue weighted by atomic mass is 9.93. The first kappa shape index (κ1) is 7.62. The van der Waals surface area contributed by atoms with Crippen molar-refractivity contribution in [3.8, 4) is 5.75 Å². The third kappa shape index (κ3) is 1.08. The Morgan fingerprint density at radius 3 is 3.00 bits per heavy atom. The molecule has 2 nitrogen and oxygen atoms in total. The average Bonchev–Trinajstić information content (AvgIpc) is 2.12. The van der Waals surface area contributed by atoms with Gasteiger partial charge >= 0.3 is 0 Å². The molecule has 0 amide bonds. The van der Waals surface area contributed by atoms with Crippen LogP contribution in [0.5, 0.6) is 5.75 Å². The van der Waals surface area contributed by atoms with Gasteiger partial charge in [-0.3, -0.25) is 0 Å². The van der Waals surface area contributed by atoms with Crippen LogP contribution in [0.1, 0.15) is 18.5 Å². The molecule has 0 fully saturated rings. The van der Waals surface area contributed by atoms with Gasteiger partial charge in [-0.2, -0.15) is 0 Å². The van der Waals surface area contributed by atoms with Gasteiger partial charge in [0.25, 0.3) is 0 Å². The predicted octanol–water partition coefficient (Wildman–Crippen LogP) is 1.71. The van der Waals surface area contributed by atoms with Gasteiger partial charge in [0, 0.05) is 17.5 Å². The summed E-state index contributed by atoms with van der Waals surface area (Å²) in [5.74, 6) is 1.36. The van der Waals surface area contributed by atoms with Gasteiger partial charge in [0.15, 0.2) is 0 Å². The van der Waals surface area contributed by atoms with Crippen molar-refractivity contribution in [1.82, 2.24) is 0 Å². The molecule has 0 bridgehead atoms. The zero-order valence-corrected chi connectivity index (χ0v) is 7.16. The largest absolute Gasteiger partial charge is 0.493 e. The molecule has 2 N–H and O–H groups in total. The Morgan fingerprint density at radius 2 is 2.17 bits per heavy atom. The fourth-order valence-electron chi connectivity index (χ4n) is 1.52. The minimum Gasteiger partial charge on any atom is -0.493 e. The first-order valence-electron chi connectivity index (χ1n) is 4.26. The Balaban J connectivity index is 2.42. The normalized spacial score (nSPS) is 27.5. The third-order valence-corrected chi connectivity index (χ3v) is 2.39. The molecule has 64 valence electrons. The van der Waals surface area contributed by atoms with Crippen LogP contribution in [-0.4, -0.2) is 6.61 Å². The lowest BCUT2D eigenvalue weighted by Gasteiger charge is -2.28. The van der Waals surface area contributed by atoms with Gasteiger partial charge in [0.2, 0.25) is 0 Å². The maximum absolute atomic E-state index is 6.01. The average molecular weight is 163 g/mol. The van der Waals surface area contributed by atoms with E-state index in [4.69, 9.17) is 10.5 Å². The van der Waals surface area contributed by atoms with Gasteiger partial charge in [-0.05, 0) is 6.07 Å². The maximum atomic E-state index is 6.01. The van der Waals surface area contributed by atoms with E-state index in [1.165, 1.54) is 0 Å². The second kappa shape index (κ2) is 2.79. The van der Waals surface area contributed by atoms with Crippen molar-refractivity contribution in [3.63, 3.8) is 0 Å². The summed E-state index contributed by atoms with van der Waals surface area (Å²) in [5.41, 5.74) is 7.15. The summed E-state index contributed by atoms with van der Waals surface area (Å²) in [6.45, 7) is 2.85. The van der Waals surface area contributed by atoms with Crippen LogP contribution in [-0.2, 0) is 0 Å². The topological polar surface area (TPSA) is 35.2 Å². The summed E-state index contributed by atoms with van der Waals surface area (Å²) in [7, 11) is 0. The van der Waals surface area contributed by atoms with Crippen molar-refractivity contribution in [2.24, 2.45) is 11.7 Å². The Bertz CT molecular complexity index is 285. The second-order valence-corrected chi connectivity index (χ2v) is 3.35. The fraction of sp³-hybridized carbons (Fsp3) is 0.400. The monoisotopic (exact) mass is 163 g/mol. The molecule has 0 spiro atoms. The van der Waals surface area contributed by atoms with Gasteiger partial charge in [-0.25, -0.2) is 0 Å². The van der Waals surface area contributed by atoms with Gasteiger partial charge in [-0.15, -0.1) is 0 Å². The van der Waals surface area contributed by atoms with Crippen molar-refractivity contribution in [2.75, 3.05) is 6.61 Å². The highest BCUT2D eigenvalue weighted by atomic mass is 16.5. The molecule has 1 aliphatic heterocycles. The van der Waals surface area contributed by atoms with E-state index < -0.39 is 0 Å². The predicted molar refractivity (Wildman–Crippen MR) is 48.0 cm³/mol. The molecule has 1 aromatic carbocycles. The highest BCUT2D eigenvalue weighted by molar-refractivity contribution is 5.37. The summed E-state index contributed by atoms with van der Waals surface area (Å²) in [6.07, 6.45) is 0. The van der Waals surface area contributed by atoms with E-state index in [0.29, 0.717) is 5.92 Å².